The van der Waals surface area contributed by atoms with Crippen LogP contribution in [0.2, 0.25) is 0 Å². The molecule has 0 saturated heterocycles. The molecule has 0 radical (unpaired) electrons. The second-order valence-corrected chi connectivity index (χ2v) is 5.94. The molecular weight excluding hydrogens is 399 g/mol. The molecule has 2 heterocycles. The lowest BCUT2D eigenvalue weighted by atomic mass is 10.1. The number of carbonyl (C=O) groups excluding carboxylic acids is 1. The highest BCUT2D eigenvalue weighted by atomic mass is 35.5. The average molecular weight is 423 g/mol. The first kappa shape index (κ1) is 23.6. The quantitative estimate of drug-likeness (QED) is 0.600. The third-order valence-electron chi connectivity index (χ3n) is 4.01. The Morgan fingerprint density at radius 1 is 1.04 bits per heavy atom. The predicted molar refractivity (Wildman–Crippen MR) is 113 cm³/mol. The Morgan fingerprint density at radius 2 is 1.79 bits per heavy atom. The second-order valence-electron chi connectivity index (χ2n) is 5.94. The standard InChI is InChI=1S/C19H22N6O.2ClH/c20-10-13-24(12-9-16-6-2-1-3-7-16)19(26)18-15-25(23-22-18)14-17-8-4-5-11-21-17;;/h1-8,11,15H,9-10,12-14,20H2;2*1H. The Labute approximate surface area is 176 Å². The number of carbonyl (C=O) groups is 1. The third kappa shape index (κ3) is 6.60. The van der Waals surface area contributed by atoms with E-state index in [0.29, 0.717) is 31.9 Å². The third-order valence-corrected chi connectivity index (χ3v) is 4.01. The summed E-state index contributed by atoms with van der Waals surface area (Å²) in [7, 11) is 0. The maximum Gasteiger partial charge on any atom is 0.276 e. The molecule has 3 rings (SSSR count). The van der Waals surface area contributed by atoms with Gasteiger partial charge in [0.2, 0.25) is 0 Å². The van der Waals surface area contributed by atoms with E-state index in [1.54, 1.807) is 22.0 Å². The lowest BCUT2D eigenvalue weighted by molar-refractivity contribution is 0.0756. The number of nitrogens with two attached hydrogens (primary N) is 1. The van der Waals surface area contributed by atoms with Gasteiger partial charge in [0, 0.05) is 25.8 Å². The highest BCUT2D eigenvalue weighted by Crippen LogP contribution is 2.06. The fourth-order valence-corrected chi connectivity index (χ4v) is 2.67. The van der Waals surface area contributed by atoms with Crippen molar-refractivity contribution in [3.63, 3.8) is 0 Å². The Balaban J connectivity index is 0.00000196. The normalized spacial score (nSPS) is 9.89. The lowest BCUT2D eigenvalue weighted by Gasteiger charge is -2.20. The van der Waals surface area contributed by atoms with E-state index >= 15 is 0 Å². The summed E-state index contributed by atoms with van der Waals surface area (Å²) in [5, 5.41) is 8.06. The molecule has 0 unspecified atom stereocenters. The maximum absolute atomic E-state index is 12.8. The summed E-state index contributed by atoms with van der Waals surface area (Å²) in [6.07, 6.45) is 4.16. The van der Waals surface area contributed by atoms with Crippen molar-refractivity contribution in [1.29, 1.82) is 0 Å². The van der Waals surface area contributed by atoms with Crippen LogP contribution >= 0.6 is 24.8 Å². The molecule has 0 aliphatic heterocycles. The van der Waals surface area contributed by atoms with Gasteiger partial charge in [0.1, 0.15) is 0 Å². The van der Waals surface area contributed by atoms with Crippen LogP contribution in [0.15, 0.2) is 60.9 Å². The van der Waals surface area contributed by atoms with Crippen molar-refractivity contribution in [2.45, 2.75) is 13.0 Å². The van der Waals surface area contributed by atoms with Gasteiger partial charge in [-0.3, -0.25) is 9.78 Å². The van der Waals surface area contributed by atoms with Crippen LogP contribution in [0.4, 0.5) is 0 Å². The predicted octanol–water partition coefficient (Wildman–Crippen LogP) is 2.21. The summed E-state index contributed by atoms with van der Waals surface area (Å²) in [4.78, 5) is 18.7. The van der Waals surface area contributed by atoms with E-state index in [1.807, 2.05) is 48.5 Å². The summed E-state index contributed by atoms with van der Waals surface area (Å²) < 4.78 is 1.62. The molecule has 1 aromatic carbocycles. The van der Waals surface area contributed by atoms with Gasteiger partial charge in [-0.25, -0.2) is 4.68 Å². The molecule has 2 aromatic heterocycles. The number of pyridine rings is 1. The number of hydrogen-bond acceptors (Lipinski definition) is 5. The van der Waals surface area contributed by atoms with Crippen molar-refractivity contribution in [3.8, 4) is 0 Å². The van der Waals surface area contributed by atoms with Crippen molar-refractivity contribution in [3.05, 3.63) is 77.9 Å². The number of aromatic nitrogens is 4. The Kier molecular flexibility index (Phi) is 10.2. The van der Waals surface area contributed by atoms with Crippen LogP contribution in [0, 0.1) is 0 Å². The molecule has 3 aromatic rings. The molecule has 150 valence electrons. The largest absolute Gasteiger partial charge is 0.336 e. The van der Waals surface area contributed by atoms with Crippen molar-refractivity contribution in [1.82, 2.24) is 24.9 Å². The minimum absolute atomic E-state index is 0. The van der Waals surface area contributed by atoms with Crippen LogP contribution < -0.4 is 5.73 Å². The minimum atomic E-state index is -0.154. The summed E-state index contributed by atoms with van der Waals surface area (Å²) in [5.74, 6) is -0.154. The van der Waals surface area contributed by atoms with Crippen molar-refractivity contribution < 1.29 is 4.79 Å². The molecule has 0 aliphatic carbocycles. The summed E-state index contributed by atoms with van der Waals surface area (Å²) in [6.45, 7) is 1.95. The van der Waals surface area contributed by atoms with E-state index in [2.05, 4.69) is 15.3 Å². The number of nitrogens with zero attached hydrogens (tertiary/aromatic N) is 5. The van der Waals surface area contributed by atoms with Gasteiger partial charge >= 0.3 is 0 Å². The number of benzene rings is 1. The monoisotopic (exact) mass is 422 g/mol. The van der Waals surface area contributed by atoms with Crippen molar-refractivity contribution >= 4 is 30.7 Å². The van der Waals surface area contributed by atoms with Gasteiger partial charge in [0.15, 0.2) is 5.69 Å². The van der Waals surface area contributed by atoms with Gasteiger partial charge in [-0.15, -0.1) is 29.9 Å². The Morgan fingerprint density at radius 3 is 2.46 bits per heavy atom. The number of amides is 1. The van der Waals surface area contributed by atoms with Gasteiger partial charge in [0.25, 0.3) is 5.91 Å². The minimum Gasteiger partial charge on any atom is -0.336 e. The van der Waals surface area contributed by atoms with Crippen LogP contribution in [0.5, 0.6) is 0 Å². The topological polar surface area (TPSA) is 89.9 Å². The Hall–Kier alpha value is -2.48. The molecule has 0 aliphatic rings. The molecule has 0 atom stereocenters. The number of halogens is 2. The van der Waals surface area contributed by atoms with Gasteiger partial charge in [-0.1, -0.05) is 41.6 Å². The van der Waals surface area contributed by atoms with E-state index in [4.69, 9.17) is 5.73 Å². The van der Waals surface area contributed by atoms with Crippen molar-refractivity contribution in [2.75, 3.05) is 19.6 Å². The fraction of sp³-hybridized carbons (Fsp3) is 0.263. The molecule has 9 heteroatoms. The highest BCUT2D eigenvalue weighted by Gasteiger charge is 2.18. The fourth-order valence-electron chi connectivity index (χ4n) is 2.67. The highest BCUT2D eigenvalue weighted by molar-refractivity contribution is 5.92. The molecule has 7 nitrogen and oxygen atoms in total. The van der Waals surface area contributed by atoms with Crippen LogP contribution in [0.3, 0.4) is 0 Å². The number of hydrogen-bond donors (Lipinski definition) is 1. The number of rotatable bonds is 8. The first-order chi connectivity index (χ1) is 12.8. The molecule has 0 fully saturated rings. The van der Waals surface area contributed by atoms with Crippen LogP contribution in [-0.4, -0.2) is 50.4 Å². The van der Waals surface area contributed by atoms with E-state index in [-0.39, 0.29) is 30.7 Å². The molecule has 0 saturated carbocycles. The zero-order valence-corrected chi connectivity index (χ0v) is 17.0. The van der Waals surface area contributed by atoms with Gasteiger partial charge in [-0.05, 0) is 24.1 Å². The van der Waals surface area contributed by atoms with Crippen molar-refractivity contribution in [2.24, 2.45) is 5.73 Å². The molecule has 28 heavy (non-hydrogen) atoms. The van der Waals surface area contributed by atoms with E-state index in [9.17, 15) is 4.79 Å². The maximum atomic E-state index is 12.8. The Bertz CT molecular complexity index is 829. The van der Waals surface area contributed by atoms with Crippen LogP contribution in [-0.2, 0) is 13.0 Å². The van der Waals surface area contributed by atoms with E-state index < -0.39 is 0 Å². The average Bonchev–Trinajstić information content (AvgIpc) is 3.14. The van der Waals surface area contributed by atoms with E-state index in [0.717, 1.165) is 12.1 Å². The second kappa shape index (κ2) is 12.1. The molecule has 2 N–H and O–H groups in total. The lowest BCUT2D eigenvalue weighted by Crippen LogP contribution is -2.37. The molecule has 0 spiro atoms. The molecular formula is C19H24Cl2N6O. The van der Waals surface area contributed by atoms with E-state index in [1.165, 1.54) is 5.56 Å². The molecule has 1 amide bonds. The first-order valence-electron chi connectivity index (χ1n) is 8.59. The zero-order valence-electron chi connectivity index (χ0n) is 15.3. The summed E-state index contributed by atoms with van der Waals surface area (Å²) in [6, 6.07) is 15.7. The van der Waals surface area contributed by atoms with Crippen LogP contribution in [0.25, 0.3) is 0 Å². The zero-order chi connectivity index (χ0) is 18.2. The smallest absolute Gasteiger partial charge is 0.276 e. The van der Waals surface area contributed by atoms with Gasteiger partial charge < -0.3 is 10.6 Å². The summed E-state index contributed by atoms with van der Waals surface area (Å²) in [5.41, 5.74) is 8.04. The van der Waals surface area contributed by atoms with Crippen LogP contribution in [0.1, 0.15) is 21.7 Å². The SMILES string of the molecule is Cl.Cl.NCCN(CCc1ccccc1)C(=O)c1cn(Cc2ccccn2)nn1. The first-order valence-corrected chi connectivity index (χ1v) is 8.59. The van der Waals surface area contributed by atoms with Gasteiger partial charge in [-0.2, -0.15) is 0 Å². The molecule has 0 bridgehead atoms. The van der Waals surface area contributed by atoms with Gasteiger partial charge in [0.05, 0.1) is 18.4 Å². The summed E-state index contributed by atoms with van der Waals surface area (Å²) >= 11 is 0.